The Morgan fingerprint density at radius 3 is 2.43 bits per heavy atom. The van der Waals surface area contributed by atoms with Crippen molar-refractivity contribution >= 4 is 5.91 Å². The van der Waals surface area contributed by atoms with E-state index in [9.17, 15) is 9.18 Å². The van der Waals surface area contributed by atoms with Crippen molar-refractivity contribution in [3.8, 4) is 11.5 Å². The molecular weight excluding hydrogens is 297 g/mol. The van der Waals surface area contributed by atoms with E-state index < -0.39 is 5.82 Å². The van der Waals surface area contributed by atoms with E-state index in [1.807, 2.05) is 6.92 Å². The average Bonchev–Trinajstić information content (AvgIpc) is 2.57. The number of carbonyl (C=O) groups excluding carboxylic acids is 1. The Labute approximate surface area is 135 Å². The molecule has 0 aliphatic heterocycles. The maximum Gasteiger partial charge on any atom is 0.253 e. The topological polar surface area (TPSA) is 38.8 Å². The molecule has 0 radical (unpaired) electrons. The van der Waals surface area contributed by atoms with Crippen LogP contribution in [0.1, 0.15) is 17.3 Å². The van der Waals surface area contributed by atoms with Crippen molar-refractivity contribution in [1.29, 1.82) is 0 Å². The van der Waals surface area contributed by atoms with Gasteiger partial charge in [0, 0.05) is 12.6 Å². The third kappa shape index (κ3) is 4.71. The molecule has 2 aromatic rings. The number of ether oxygens (including phenoxy) is 2. The summed E-state index contributed by atoms with van der Waals surface area (Å²) in [7, 11) is 1.68. The van der Waals surface area contributed by atoms with Gasteiger partial charge in [0.2, 0.25) is 0 Å². The van der Waals surface area contributed by atoms with E-state index in [4.69, 9.17) is 9.47 Å². The Morgan fingerprint density at radius 1 is 1.09 bits per heavy atom. The minimum Gasteiger partial charge on any atom is -0.494 e. The zero-order valence-electron chi connectivity index (χ0n) is 13.3. The fourth-order valence-corrected chi connectivity index (χ4v) is 2.04. The second-order valence-corrected chi connectivity index (χ2v) is 4.96. The molecule has 1 amide bonds. The van der Waals surface area contributed by atoms with Crippen LogP contribution in [0.3, 0.4) is 0 Å². The number of hydrogen-bond acceptors (Lipinski definition) is 3. The predicted octanol–water partition coefficient (Wildman–Crippen LogP) is 3.38. The van der Waals surface area contributed by atoms with Gasteiger partial charge in [-0.3, -0.25) is 4.79 Å². The Morgan fingerprint density at radius 2 is 1.78 bits per heavy atom. The highest BCUT2D eigenvalue weighted by Crippen LogP contribution is 2.16. The summed E-state index contributed by atoms with van der Waals surface area (Å²) in [4.78, 5) is 13.8. The summed E-state index contributed by atoms with van der Waals surface area (Å²) < 4.78 is 24.1. The molecule has 4 nitrogen and oxygen atoms in total. The van der Waals surface area contributed by atoms with E-state index >= 15 is 0 Å². The maximum atomic E-state index is 13.4. The number of amides is 1. The summed E-state index contributed by atoms with van der Waals surface area (Å²) in [6.07, 6.45) is 0. The van der Waals surface area contributed by atoms with E-state index in [0.717, 1.165) is 5.75 Å². The van der Waals surface area contributed by atoms with Gasteiger partial charge in [-0.15, -0.1) is 0 Å². The van der Waals surface area contributed by atoms with Gasteiger partial charge in [0.05, 0.1) is 13.2 Å². The molecule has 23 heavy (non-hydrogen) atoms. The third-order valence-electron chi connectivity index (χ3n) is 3.28. The number of nitrogens with zero attached hydrogens (tertiary/aromatic N) is 1. The number of rotatable bonds is 7. The highest BCUT2D eigenvalue weighted by molar-refractivity contribution is 5.94. The van der Waals surface area contributed by atoms with Crippen molar-refractivity contribution in [3.05, 3.63) is 59.9 Å². The van der Waals surface area contributed by atoms with Crippen LogP contribution >= 0.6 is 0 Å². The Bertz CT molecular complexity index is 643. The predicted molar refractivity (Wildman–Crippen MR) is 86.5 cm³/mol. The lowest BCUT2D eigenvalue weighted by Gasteiger charge is -2.18. The van der Waals surface area contributed by atoms with Gasteiger partial charge >= 0.3 is 0 Å². The molecule has 0 N–H and O–H groups in total. The summed E-state index contributed by atoms with van der Waals surface area (Å²) in [5.41, 5.74) is 0.571. The molecule has 0 aliphatic rings. The summed E-state index contributed by atoms with van der Waals surface area (Å²) in [5, 5.41) is 0. The Kier molecular flexibility index (Phi) is 5.97. The van der Waals surface area contributed by atoms with Crippen LogP contribution in [-0.4, -0.2) is 37.6 Å². The summed E-state index contributed by atoms with van der Waals surface area (Å²) in [5.74, 6) is 0.391. The van der Waals surface area contributed by atoms with Crippen LogP contribution in [0.2, 0.25) is 0 Å². The van der Waals surface area contributed by atoms with Crippen LogP contribution in [0.25, 0.3) is 0 Å². The van der Waals surface area contributed by atoms with Crippen LogP contribution < -0.4 is 9.47 Å². The van der Waals surface area contributed by atoms with Crippen molar-refractivity contribution in [1.82, 2.24) is 4.90 Å². The molecule has 0 unspecified atom stereocenters. The first-order valence-corrected chi connectivity index (χ1v) is 7.47. The molecular formula is C18H20FNO3. The molecule has 5 heteroatoms. The molecule has 0 heterocycles. The first-order valence-electron chi connectivity index (χ1n) is 7.47. The molecule has 2 aromatic carbocycles. The van der Waals surface area contributed by atoms with Gasteiger partial charge in [0.25, 0.3) is 5.91 Å². The summed E-state index contributed by atoms with van der Waals surface area (Å²) >= 11 is 0. The standard InChI is InChI=1S/C18H20FNO3/c1-3-22-15-10-8-14(9-11-15)18(21)20(2)12-13-23-17-7-5-4-6-16(17)19/h4-11H,3,12-13H2,1-2H3. The van der Waals surface area contributed by atoms with Gasteiger partial charge in [-0.1, -0.05) is 12.1 Å². The van der Waals surface area contributed by atoms with Crippen LogP contribution in [0.5, 0.6) is 11.5 Å². The number of benzene rings is 2. The zero-order valence-corrected chi connectivity index (χ0v) is 13.3. The highest BCUT2D eigenvalue weighted by atomic mass is 19.1. The lowest BCUT2D eigenvalue weighted by atomic mass is 10.2. The van der Waals surface area contributed by atoms with Crippen molar-refractivity contribution in [2.45, 2.75) is 6.92 Å². The van der Waals surface area contributed by atoms with E-state index in [-0.39, 0.29) is 18.3 Å². The number of carbonyl (C=O) groups is 1. The third-order valence-corrected chi connectivity index (χ3v) is 3.28. The number of likely N-dealkylation sites (N-methyl/N-ethyl adjacent to an activating group) is 1. The normalized spacial score (nSPS) is 10.2. The largest absolute Gasteiger partial charge is 0.494 e. The van der Waals surface area contributed by atoms with Gasteiger partial charge in [-0.2, -0.15) is 0 Å². The van der Waals surface area contributed by atoms with Gasteiger partial charge in [0.15, 0.2) is 11.6 Å². The zero-order chi connectivity index (χ0) is 16.7. The highest BCUT2D eigenvalue weighted by Gasteiger charge is 2.12. The molecule has 0 saturated carbocycles. The number of para-hydroxylation sites is 1. The molecule has 0 aliphatic carbocycles. The molecule has 0 saturated heterocycles. The van der Waals surface area contributed by atoms with Crippen LogP contribution in [0.4, 0.5) is 4.39 Å². The smallest absolute Gasteiger partial charge is 0.253 e. The summed E-state index contributed by atoms with van der Waals surface area (Å²) in [6, 6.07) is 13.2. The SMILES string of the molecule is CCOc1ccc(C(=O)N(C)CCOc2ccccc2F)cc1. The van der Waals surface area contributed by atoms with Gasteiger partial charge in [-0.25, -0.2) is 4.39 Å². The van der Waals surface area contributed by atoms with Crippen molar-refractivity contribution in [2.75, 3.05) is 26.8 Å². The lowest BCUT2D eigenvalue weighted by molar-refractivity contribution is 0.0773. The molecule has 0 bridgehead atoms. The Hall–Kier alpha value is -2.56. The first-order chi connectivity index (χ1) is 11.1. The second-order valence-electron chi connectivity index (χ2n) is 4.96. The van der Waals surface area contributed by atoms with Crippen LogP contribution in [0.15, 0.2) is 48.5 Å². The van der Waals surface area contributed by atoms with E-state index in [1.54, 1.807) is 49.5 Å². The number of hydrogen-bond donors (Lipinski definition) is 0. The molecule has 0 atom stereocenters. The average molecular weight is 317 g/mol. The first kappa shape index (κ1) is 16.8. The fraction of sp³-hybridized carbons (Fsp3) is 0.278. The van der Waals surface area contributed by atoms with Gasteiger partial charge in [0.1, 0.15) is 12.4 Å². The Balaban J connectivity index is 1.86. The lowest BCUT2D eigenvalue weighted by Crippen LogP contribution is -2.30. The van der Waals surface area contributed by atoms with Crippen LogP contribution in [0, 0.1) is 5.82 Å². The minimum atomic E-state index is -0.409. The van der Waals surface area contributed by atoms with Crippen molar-refractivity contribution in [2.24, 2.45) is 0 Å². The molecule has 0 spiro atoms. The molecule has 0 fully saturated rings. The molecule has 2 rings (SSSR count). The number of halogens is 1. The van der Waals surface area contributed by atoms with E-state index in [2.05, 4.69) is 0 Å². The quantitative estimate of drug-likeness (QED) is 0.786. The van der Waals surface area contributed by atoms with E-state index in [0.29, 0.717) is 18.7 Å². The van der Waals surface area contributed by atoms with E-state index in [1.165, 1.54) is 11.0 Å². The molecule has 122 valence electrons. The molecule has 0 aromatic heterocycles. The fourth-order valence-electron chi connectivity index (χ4n) is 2.04. The van der Waals surface area contributed by atoms with Crippen LogP contribution in [-0.2, 0) is 0 Å². The maximum absolute atomic E-state index is 13.4. The van der Waals surface area contributed by atoms with Gasteiger partial charge < -0.3 is 14.4 Å². The second kappa shape index (κ2) is 8.17. The minimum absolute atomic E-state index is 0.120. The van der Waals surface area contributed by atoms with Crippen molar-refractivity contribution < 1.29 is 18.7 Å². The van der Waals surface area contributed by atoms with Crippen molar-refractivity contribution in [3.63, 3.8) is 0 Å². The monoisotopic (exact) mass is 317 g/mol. The van der Waals surface area contributed by atoms with Gasteiger partial charge in [-0.05, 0) is 43.3 Å². The summed E-state index contributed by atoms with van der Waals surface area (Å²) in [6.45, 7) is 3.07.